The minimum absolute atomic E-state index is 0. The number of hydrogen-bond acceptors (Lipinski definition) is 2. The van der Waals surface area contributed by atoms with Crippen molar-refractivity contribution in [2.75, 3.05) is 0 Å². The second-order valence-electron chi connectivity index (χ2n) is 11.8. The molecule has 35 heavy (non-hydrogen) atoms. The van der Waals surface area contributed by atoms with Gasteiger partial charge < -0.3 is 17.4 Å². The van der Waals surface area contributed by atoms with E-state index in [-0.39, 0.29) is 40.0 Å². The Morgan fingerprint density at radius 1 is 0.429 bits per heavy atom. The van der Waals surface area contributed by atoms with Crippen LogP contribution < -0.4 is 29.6 Å². The van der Waals surface area contributed by atoms with Crippen molar-refractivity contribution in [3.05, 3.63) is 0 Å². The summed E-state index contributed by atoms with van der Waals surface area (Å²) in [4.78, 5) is 0. The summed E-state index contributed by atoms with van der Waals surface area (Å²) < 4.78 is 7.98. The molecule has 200 valence electrons. The molecule has 0 radical (unpaired) electrons. The molecule has 3 fully saturated rings. The zero-order chi connectivity index (χ0) is 23.7. The van der Waals surface area contributed by atoms with Crippen LogP contribution in [0.5, 0.6) is 0 Å². The van der Waals surface area contributed by atoms with Gasteiger partial charge in [-0.2, -0.15) is 10.5 Å². The van der Waals surface area contributed by atoms with Gasteiger partial charge in [-0.05, 0) is 38.5 Å². The van der Waals surface area contributed by atoms with E-state index in [9.17, 15) is 0 Å². The fourth-order valence-electron chi connectivity index (χ4n) is 6.68. The topological polar surface area (TPSA) is 9.23 Å². The minimum Gasteiger partial charge on any atom is -0.725 e. The first-order chi connectivity index (χ1) is 16.8. The molecule has 0 heterocycles. The van der Waals surface area contributed by atoms with E-state index >= 15 is 0 Å². The number of rotatable bonds is 3. The normalized spacial score (nSPS) is 24.9. The summed E-state index contributed by atoms with van der Waals surface area (Å²) in [5.41, 5.74) is 0. The van der Waals surface area contributed by atoms with Crippen molar-refractivity contribution in [1.29, 1.82) is 0 Å². The molecule has 0 atom stereocenters. The fraction of sp³-hybridized carbons (Fsp3) is 0.968. The smallest absolute Gasteiger partial charge is 0.725 e. The molecule has 3 aliphatic rings. The molecule has 0 saturated heterocycles. The van der Waals surface area contributed by atoms with Gasteiger partial charge in [-0.25, -0.2) is 0 Å². The average Bonchev–Trinajstić information content (AvgIpc) is 2.86. The van der Waals surface area contributed by atoms with Crippen LogP contribution in [0, 0.1) is 0 Å². The molecular formula is C31H57NaOS2. The van der Waals surface area contributed by atoms with Gasteiger partial charge in [0.15, 0.2) is 0 Å². The fourth-order valence-corrected chi connectivity index (χ4v) is 10.6. The van der Waals surface area contributed by atoms with E-state index in [1.165, 1.54) is 173 Å². The third kappa shape index (κ3) is 13.9. The maximum atomic E-state index is 6.89. The molecule has 0 aromatic heterocycles. The van der Waals surface area contributed by atoms with E-state index in [1.807, 2.05) is 0 Å². The summed E-state index contributed by atoms with van der Waals surface area (Å²) in [6.45, 7) is 0. The molecule has 0 spiro atoms. The van der Waals surface area contributed by atoms with Crippen LogP contribution in [0.3, 0.4) is 0 Å². The van der Waals surface area contributed by atoms with Gasteiger partial charge in [-0.1, -0.05) is 139 Å². The van der Waals surface area contributed by atoms with Crippen molar-refractivity contribution in [3.63, 3.8) is 0 Å². The van der Waals surface area contributed by atoms with Crippen LogP contribution in [0.1, 0.15) is 173 Å². The average molecular weight is 533 g/mol. The largest absolute Gasteiger partial charge is 1.00 e. The number of hydrogen-bond donors (Lipinski definition) is 0. The molecule has 0 aromatic rings. The molecule has 1 nitrogen and oxygen atoms in total. The Balaban J connectivity index is 0.00000432. The summed E-state index contributed by atoms with van der Waals surface area (Å²) in [5.74, 6) is 0. The predicted molar refractivity (Wildman–Crippen MR) is 157 cm³/mol. The Labute approximate surface area is 250 Å². The molecule has 4 heteroatoms. The quantitative estimate of drug-likeness (QED) is 0.210. The predicted octanol–water partition coefficient (Wildman–Crippen LogP) is 7.59. The van der Waals surface area contributed by atoms with Gasteiger partial charge in [0.05, 0.1) is 6.10 Å². The van der Waals surface area contributed by atoms with E-state index in [1.54, 1.807) is 0 Å². The summed E-state index contributed by atoms with van der Waals surface area (Å²) >= 11 is 6.32. The molecule has 0 N–H and O–H groups in total. The Morgan fingerprint density at radius 3 is 1.00 bits per heavy atom. The van der Waals surface area contributed by atoms with Crippen LogP contribution in [0.4, 0.5) is 0 Å². The van der Waals surface area contributed by atoms with Crippen LogP contribution in [0.25, 0.3) is 0 Å². The minimum atomic E-state index is 0. The van der Waals surface area contributed by atoms with E-state index in [0.717, 1.165) is 14.9 Å². The third-order valence-electron chi connectivity index (χ3n) is 8.83. The van der Waals surface area contributed by atoms with Gasteiger partial charge >= 0.3 is 29.6 Å². The molecule has 0 unspecified atom stereocenters. The number of ether oxygens (including phenoxy) is 1. The molecular weight excluding hydrogens is 475 g/mol. The summed E-state index contributed by atoms with van der Waals surface area (Å²) in [6, 6.07) is 0. The molecule has 0 aliphatic heterocycles. The van der Waals surface area contributed by atoms with Gasteiger partial charge in [0, 0.05) is 10.5 Å². The molecule has 3 aliphatic carbocycles. The molecule has 0 amide bonds. The SMILES string of the molecule is [Na+].[S-]C(OC1CCCCCCCCC1)=S(C1CCCCCCCCC1)C1CCCCCCCCC1. The molecule has 3 rings (SSSR count). The van der Waals surface area contributed by atoms with Crippen molar-refractivity contribution in [2.24, 2.45) is 0 Å². The second-order valence-corrected chi connectivity index (χ2v) is 14.8. The van der Waals surface area contributed by atoms with Gasteiger partial charge in [0.2, 0.25) is 0 Å². The maximum Gasteiger partial charge on any atom is 1.00 e. The third-order valence-corrected chi connectivity index (χ3v) is 12.4. The molecule has 0 aromatic carbocycles. The van der Waals surface area contributed by atoms with Crippen molar-refractivity contribution in [3.8, 4) is 0 Å². The zero-order valence-electron chi connectivity index (χ0n) is 23.5. The van der Waals surface area contributed by atoms with Crippen molar-refractivity contribution < 1.29 is 34.3 Å². The van der Waals surface area contributed by atoms with Crippen LogP contribution in [0.15, 0.2) is 0 Å². The van der Waals surface area contributed by atoms with E-state index in [0.29, 0.717) is 6.10 Å². The van der Waals surface area contributed by atoms with Gasteiger partial charge in [-0.15, -0.1) is 0 Å². The maximum absolute atomic E-state index is 6.89. The first-order valence-corrected chi connectivity index (χ1v) is 17.5. The zero-order valence-corrected chi connectivity index (χ0v) is 27.2. The van der Waals surface area contributed by atoms with Crippen LogP contribution in [0.2, 0.25) is 0 Å². The first kappa shape index (κ1) is 32.7. The van der Waals surface area contributed by atoms with Crippen molar-refractivity contribution in [2.45, 2.75) is 190 Å². The van der Waals surface area contributed by atoms with Crippen molar-refractivity contribution >= 4 is 27.5 Å². The van der Waals surface area contributed by atoms with E-state index < -0.39 is 0 Å². The van der Waals surface area contributed by atoms with Gasteiger partial charge in [0.1, 0.15) is 0 Å². The van der Waals surface area contributed by atoms with Crippen LogP contribution in [-0.4, -0.2) is 21.0 Å². The first-order valence-electron chi connectivity index (χ1n) is 15.8. The van der Waals surface area contributed by atoms with Gasteiger partial charge in [-0.3, -0.25) is 0 Å². The Bertz CT molecular complexity index is 494. The molecule has 0 bridgehead atoms. The van der Waals surface area contributed by atoms with Gasteiger partial charge in [0.25, 0.3) is 0 Å². The standard InChI is InChI=1S/C31H58OS2.Na/c33-31(32-28-22-16-10-4-1-5-11-17-23-28)34(29-24-18-12-6-2-7-13-19-25-29)30-26-20-14-8-3-9-15-21-27-30;/h28-30,33H,1-27H2;/q;+1/p-1. The van der Waals surface area contributed by atoms with Crippen molar-refractivity contribution in [1.82, 2.24) is 0 Å². The Hall–Kier alpha value is 1.53. The monoisotopic (exact) mass is 532 g/mol. The summed E-state index contributed by atoms with van der Waals surface area (Å²) in [5, 5.41) is 1.61. The summed E-state index contributed by atoms with van der Waals surface area (Å²) in [7, 11) is 0.183. The van der Waals surface area contributed by atoms with Crippen LogP contribution >= 0.6 is 10.5 Å². The molecule has 3 saturated carbocycles. The van der Waals surface area contributed by atoms with E-state index in [4.69, 9.17) is 17.4 Å². The van der Waals surface area contributed by atoms with E-state index in [2.05, 4.69) is 0 Å². The Morgan fingerprint density at radius 2 is 0.686 bits per heavy atom. The summed E-state index contributed by atoms with van der Waals surface area (Å²) in [6.07, 6.45) is 38.5. The Kier molecular flexibility index (Phi) is 20.0. The van der Waals surface area contributed by atoms with Crippen LogP contribution in [-0.2, 0) is 17.4 Å². The second kappa shape index (κ2) is 21.4.